The number of ether oxygens (including phenoxy) is 1. The Morgan fingerprint density at radius 1 is 1.17 bits per heavy atom. The predicted octanol–water partition coefficient (Wildman–Crippen LogP) is 2.12. The lowest BCUT2D eigenvalue weighted by molar-refractivity contribution is -0.123. The molecule has 0 saturated heterocycles. The Kier molecular flexibility index (Phi) is 4.73. The molecule has 1 N–H and O–H groups in total. The Morgan fingerprint density at radius 3 is 2.87 bits per heavy atom. The summed E-state index contributed by atoms with van der Waals surface area (Å²) >= 11 is 5.96. The van der Waals surface area contributed by atoms with E-state index < -0.39 is 0 Å². The van der Waals surface area contributed by atoms with Crippen LogP contribution in [0.3, 0.4) is 0 Å². The molecule has 6 nitrogen and oxygen atoms in total. The molecule has 0 atom stereocenters. The lowest BCUT2D eigenvalue weighted by Crippen LogP contribution is -2.30. The Bertz CT molecular complexity index is 818. The molecular formula is C16H15ClN4O2. The van der Waals surface area contributed by atoms with Gasteiger partial charge in [0.1, 0.15) is 11.6 Å². The number of aromatic nitrogens is 3. The number of benzene rings is 1. The molecule has 7 heteroatoms. The Labute approximate surface area is 138 Å². The van der Waals surface area contributed by atoms with Crippen molar-refractivity contribution in [2.75, 3.05) is 13.2 Å². The standard InChI is InChI=1S/C16H15ClN4O2/c17-12-5-1-2-6-13(12)23-11-16(22)18-9-8-15-20-19-14-7-3-4-10-21(14)15/h1-7,10H,8-9,11H2,(H,18,22). The molecule has 0 unspecified atom stereocenters. The molecule has 0 bridgehead atoms. The van der Waals surface area contributed by atoms with Crippen LogP contribution in [-0.2, 0) is 11.2 Å². The second-order valence-corrected chi connectivity index (χ2v) is 5.27. The Morgan fingerprint density at radius 2 is 2.00 bits per heavy atom. The molecule has 1 aromatic carbocycles. The zero-order valence-corrected chi connectivity index (χ0v) is 13.0. The summed E-state index contributed by atoms with van der Waals surface area (Å²) in [6.45, 7) is 0.380. The number of halogens is 1. The zero-order valence-electron chi connectivity index (χ0n) is 12.3. The van der Waals surface area contributed by atoms with Crippen molar-refractivity contribution < 1.29 is 9.53 Å². The van der Waals surface area contributed by atoms with E-state index in [2.05, 4.69) is 15.5 Å². The molecule has 1 amide bonds. The van der Waals surface area contributed by atoms with E-state index in [0.29, 0.717) is 23.7 Å². The minimum atomic E-state index is -0.209. The molecule has 23 heavy (non-hydrogen) atoms. The van der Waals surface area contributed by atoms with Crippen molar-refractivity contribution in [3.05, 3.63) is 59.5 Å². The van der Waals surface area contributed by atoms with Gasteiger partial charge in [-0.3, -0.25) is 9.20 Å². The van der Waals surface area contributed by atoms with E-state index in [0.717, 1.165) is 11.5 Å². The van der Waals surface area contributed by atoms with Gasteiger partial charge in [0.2, 0.25) is 0 Å². The summed E-state index contributed by atoms with van der Waals surface area (Å²) < 4.78 is 7.27. The van der Waals surface area contributed by atoms with Crippen LogP contribution in [0.15, 0.2) is 48.7 Å². The van der Waals surface area contributed by atoms with Crippen molar-refractivity contribution in [3.63, 3.8) is 0 Å². The van der Waals surface area contributed by atoms with E-state index in [4.69, 9.17) is 16.3 Å². The third kappa shape index (κ3) is 3.78. The second kappa shape index (κ2) is 7.11. The number of nitrogens with zero attached hydrogens (tertiary/aromatic N) is 3. The first-order chi connectivity index (χ1) is 11.2. The van der Waals surface area contributed by atoms with Gasteiger partial charge >= 0.3 is 0 Å². The van der Waals surface area contributed by atoms with Crippen molar-refractivity contribution in [1.29, 1.82) is 0 Å². The molecule has 0 aliphatic rings. The lowest BCUT2D eigenvalue weighted by atomic mass is 10.3. The number of pyridine rings is 1. The van der Waals surface area contributed by atoms with E-state index in [-0.39, 0.29) is 12.5 Å². The lowest BCUT2D eigenvalue weighted by Gasteiger charge is -2.08. The fraction of sp³-hybridized carbons (Fsp3) is 0.188. The van der Waals surface area contributed by atoms with Crippen LogP contribution < -0.4 is 10.1 Å². The first-order valence-corrected chi connectivity index (χ1v) is 7.54. The number of hydrogen-bond acceptors (Lipinski definition) is 4. The molecule has 0 fully saturated rings. The largest absolute Gasteiger partial charge is 0.482 e. The van der Waals surface area contributed by atoms with E-state index >= 15 is 0 Å². The molecule has 0 spiro atoms. The van der Waals surface area contributed by atoms with Crippen LogP contribution in [0, 0.1) is 0 Å². The van der Waals surface area contributed by atoms with Gasteiger partial charge in [0, 0.05) is 19.2 Å². The molecule has 0 radical (unpaired) electrons. The van der Waals surface area contributed by atoms with Crippen molar-refractivity contribution in [2.24, 2.45) is 0 Å². The average molecular weight is 331 g/mol. The molecule has 2 aromatic heterocycles. The van der Waals surface area contributed by atoms with E-state index in [9.17, 15) is 4.79 Å². The van der Waals surface area contributed by atoms with Crippen molar-refractivity contribution in [1.82, 2.24) is 19.9 Å². The first-order valence-electron chi connectivity index (χ1n) is 7.17. The number of rotatable bonds is 6. The topological polar surface area (TPSA) is 68.5 Å². The number of amides is 1. The SMILES string of the molecule is O=C(COc1ccccc1Cl)NCCc1nnc2ccccn12. The number of carbonyl (C=O) groups is 1. The fourth-order valence-corrected chi connectivity index (χ4v) is 2.32. The zero-order chi connectivity index (χ0) is 16.1. The minimum Gasteiger partial charge on any atom is -0.482 e. The summed E-state index contributed by atoms with van der Waals surface area (Å²) in [7, 11) is 0. The van der Waals surface area contributed by atoms with Crippen LogP contribution in [0.2, 0.25) is 5.02 Å². The normalized spacial score (nSPS) is 10.7. The van der Waals surface area contributed by atoms with Gasteiger partial charge in [-0.1, -0.05) is 29.8 Å². The van der Waals surface area contributed by atoms with Gasteiger partial charge in [-0.2, -0.15) is 0 Å². The minimum absolute atomic E-state index is 0.0791. The summed E-state index contributed by atoms with van der Waals surface area (Å²) in [5, 5.41) is 11.4. The molecule has 0 aliphatic carbocycles. The van der Waals surface area contributed by atoms with Gasteiger partial charge in [-0.05, 0) is 24.3 Å². The Balaban J connectivity index is 1.47. The van der Waals surface area contributed by atoms with Crippen LogP contribution in [0.1, 0.15) is 5.82 Å². The summed E-state index contributed by atoms with van der Waals surface area (Å²) in [6.07, 6.45) is 2.48. The van der Waals surface area contributed by atoms with Crippen LogP contribution in [0.5, 0.6) is 5.75 Å². The maximum absolute atomic E-state index is 11.8. The monoisotopic (exact) mass is 330 g/mol. The van der Waals surface area contributed by atoms with Gasteiger partial charge in [-0.15, -0.1) is 10.2 Å². The molecule has 2 heterocycles. The number of nitrogens with one attached hydrogen (secondary N) is 1. The van der Waals surface area contributed by atoms with Gasteiger partial charge < -0.3 is 10.1 Å². The average Bonchev–Trinajstić information content (AvgIpc) is 2.98. The summed E-state index contributed by atoms with van der Waals surface area (Å²) in [6, 6.07) is 12.7. The van der Waals surface area contributed by atoms with E-state index in [1.807, 2.05) is 28.8 Å². The van der Waals surface area contributed by atoms with Crippen molar-refractivity contribution in [2.45, 2.75) is 6.42 Å². The number of carbonyl (C=O) groups excluding carboxylic acids is 1. The highest BCUT2D eigenvalue weighted by Gasteiger charge is 2.07. The molecule has 3 rings (SSSR count). The van der Waals surface area contributed by atoms with Gasteiger partial charge in [-0.25, -0.2) is 0 Å². The highest BCUT2D eigenvalue weighted by molar-refractivity contribution is 6.32. The highest BCUT2D eigenvalue weighted by Crippen LogP contribution is 2.22. The second-order valence-electron chi connectivity index (χ2n) is 4.86. The van der Waals surface area contributed by atoms with E-state index in [1.165, 1.54) is 0 Å². The maximum Gasteiger partial charge on any atom is 0.257 e. The van der Waals surface area contributed by atoms with Gasteiger partial charge in [0.05, 0.1) is 5.02 Å². The van der Waals surface area contributed by atoms with Gasteiger partial charge in [0.15, 0.2) is 12.3 Å². The van der Waals surface area contributed by atoms with Crippen LogP contribution in [-0.4, -0.2) is 33.7 Å². The number of hydrogen-bond donors (Lipinski definition) is 1. The van der Waals surface area contributed by atoms with Crippen LogP contribution in [0.4, 0.5) is 0 Å². The summed E-state index contributed by atoms with van der Waals surface area (Å²) in [4.78, 5) is 11.8. The smallest absolute Gasteiger partial charge is 0.257 e. The highest BCUT2D eigenvalue weighted by atomic mass is 35.5. The molecule has 3 aromatic rings. The third-order valence-electron chi connectivity index (χ3n) is 3.25. The number of para-hydroxylation sites is 1. The van der Waals surface area contributed by atoms with Crippen LogP contribution in [0.25, 0.3) is 5.65 Å². The molecule has 0 aliphatic heterocycles. The van der Waals surface area contributed by atoms with Crippen molar-refractivity contribution in [3.8, 4) is 5.75 Å². The summed E-state index contributed by atoms with van der Waals surface area (Å²) in [5.74, 6) is 1.08. The summed E-state index contributed by atoms with van der Waals surface area (Å²) in [5.41, 5.74) is 0.788. The molecule has 0 saturated carbocycles. The first kappa shape index (κ1) is 15.3. The van der Waals surface area contributed by atoms with E-state index in [1.54, 1.807) is 24.3 Å². The van der Waals surface area contributed by atoms with Crippen LogP contribution >= 0.6 is 11.6 Å². The van der Waals surface area contributed by atoms with Gasteiger partial charge in [0.25, 0.3) is 5.91 Å². The fourth-order valence-electron chi connectivity index (χ4n) is 2.13. The maximum atomic E-state index is 11.8. The predicted molar refractivity (Wildman–Crippen MR) is 86.6 cm³/mol. The molecular weight excluding hydrogens is 316 g/mol. The van der Waals surface area contributed by atoms with Crippen molar-refractivity contribution >= 4 is 23.2 Å². The quantitative estimate of drug-likeness (QED) is 0.751. The molecule has 118 valence electrons. The Hall–Kier alpha value is -2.60. The third-order valence-corrected chi connectivity index (χ3v) is 3.56. The number of fused-ring (bicyclic) bond motifs is 1.